The van der Waals surface area contributed by atoms with E-state index < -0.39 is 0 Å². The van der Waals surface area contributed by atoms with Gasteiger partial charge in [0.2, 0.25) is 0 Å². The molecule has 3 heteroatoms. The molecule has 1 fully saturated rings. The first-order chi connectivity index (χ1) is 9.72. The van der Waals surface area contributed by atoms with Crippen LogP contribution in [-0.2, 0) is 13.2 Å². The van der Waals surface area contributed by atoms with Crippen LogP contribution in [0.5, 0.6) is 5.75 Å². The van der Waals surface area contributed by atoms with Crippen LogP contribution in [0.4, 0.5) is 0 Å². The minimum absolute atomic E-state index is 0.481. The van der Waals surface area contributed by atoms with Crippen molar-refractivity contribution < 1.29 is 9.15 Å². The summed E-state index contributed by atoms with van der Waals surface area (Å²) in [5.41, 5.74) is 2.38. The number of para-hydroxylation sites is 1. The number of furan rings is 1. The van der Waals surface area contributed by atoms with Gasteiger partial charge < -0.3 is 14.5 Å². The summed E-state index contributed by atoms with van der Waals surface area (Å²) in [4.78, 5) is 0. The molecule has 2 aromatic rings. The maximum atomic E-state index is 5.81. The van der Waals surface area contributed by atoms with E-state index in [4.69, 9.17) is 9.15 Å². The molecule has 0 unspecified atom stereocenters. The van der Waals surface area contributed by atoms with E-state index in [0.717, 1.165) is 35.4 Å². The van der Waals surface area contributed by atoms with E-state index in [2.05, 4.69) is 11.4 Å². The third-order valence-electron chi connectivity index (χ3n) is 3.69. The standard InChI is InChI=1S/C17H21NO2/c1-12-5-3-4-6-17(12)19-11-16-9-14(13(2)20-16)10-18-15-7-8-15/h3-6,9,15,18H,7-8,10-11H2,1-2H3. The summed E-state index contributed by atoms with van der Waals surface area (Å²) >= 11 is 0. The molecule has 0 bridgehead atoms. The van der Waals surface area contributed by atoms with E-state index in [0.29, 0.717) is 6.61 Å². The molecular weight excluding hydrogens is 250 g/mol. The Morgan fingerprint density at radius 1 is 1.25 bits per heavy atom. The maximum absolute atomic E-state index is 5.81. The lowest BCUT2D eigenvalue weighted by atomic mass is 10.2. The maximum Gasteiger partial charge on any atom is 0.146 e. The summed E-state index contributed by atoms with van der Waals surface area (Å²) in [6, 6.07) is 10.9. The fourth-order valence-electron chi connectivity index (χ4n) is 2.24. The van der Waals surface area contributed by atoms with Gasteiger partial charge in [0, 0.05) is 18.2 Å². The first-order valence-electron chi connectivity index (χ1n) is 7.22. The molecule has 1 aromatic carbocycles. The van der Waals surface area contributed by atoms with Crippen molar-refractivity contribution in [3.05, 3.63) is 53.0 Å². The Hall–Kier alpha value is -1.74. The van der Waals surface area contributed by atoms with Gasteiger partial charge in [-0.15, -0.1) is 0 Å². The first kappa shape index (κ1) is 13.3. The number of aryl methyl sites for hydroxylation is 2. The molecule has 1 aliphatic rings. The monoisotopic (exact) mass is 271 g/mol. The average molecular weight is 271 g/mol. The van der Waals surface area contributed by atoms with Crippen molar-refractivity contribution in [3.8, 4) is 5.75 Å². The Bertz CT molecular complexity index is 584. The Balaban J connectivity index is 1.59. The van der Waals surface area contributed by atoms with Crippen molar-refractivity contribution >= 4 is 0 Å². The zero-order valence-electron chi connectivity index (χ0n) is 12.1. The van der Waals surface area contributed by atoms with Gasteiger partial charge in [-0.3, -0.25) is 0 Å². The van der Waals surface area contributed by atoms with Gasteiger partial charge in [-0.2, -0.15) is 0 Å². The van der Waals surface area contributed by atoms with Gasteiger partial charge in [-0.25, -0.2) is 0 Å². The number of benzene rings is 1. The lowest BCUT2D eigenvalue weighted by Crippen LogP contribution is -2.15. The van der Waals surface area contributed by atoms with Crippen molar-refractivity contribution in [2.75, 3.05) is 0 Å². The highest BCUT2D eigenvalue weighted by Crippen LogP contribution is 2.22. The fraction of sp³-hybridized carbons (Fsp3) is 0.412. The van der Waals surface area contributed by atoms with Crippen molar-refractivity contribution in [2.45, 2.75) is 45.9 Å². The lowest BCUT2D eigenvalue weighted by Gasteiger charge is -2.06. The van der Waals surface area contributed by atoms with Crippen LogP contribution in [0.2, 0.25) is 0 Å². The predicted molar refractivity (Wildman–Crippen MR) is 78.8 cm³/mol. The Kier molecular flexibility index (Phi) is 3.79. The number of hydrogen-bond acceptors (Lipinski definition) is 3. The number of nitrogens with one attached hydrogen (secondary N) is 1. The normalized spacial score (nSPS) is 14.5. The van der Waals surface area contributed by atoms with Crippen LogP contribution in [0.1, 0.15) is 35.5 Å². The van der Waals surface area contributed by atoms with Crippen molar-refractivity contribution in [1.82, 2.24) is 5.32 Å². The van der Waals surface area contributed by atoms with Gasteiger partial charge in [0.25, 0.3) is 0 Å². The van der Waals surface area contributed by atoms with E-state index in [1.807, 2.05) is 38.1 Å². The molecule has 1 aromatic heterocycles. The second-order valence-electron chi connectivity index (χ2n) is 5.50. The third kappa shape index (κ3) is 3.23. The van der Waals surface area contributed by atoms with Crippen LogP contribution < -0.4 is 10.1 Å². The summed E-state index contributed by atoms with van der Waals surface area (Å²) in [7, 11) is 0. The van der Waals surface area contributed by atoms with Gasteiger partial charge in [0.15, 0.2) is 0 Å². The van der Waals surface area contributed by atoms with Crippen molar-refractivity contribution in [3.63, 3.8) is 0 Å². The molecule has 3 rings (SSSR count). The van der Waals surface area contributed by atoms with Gasteiger partial charge in [0.1, 0.15) is 23.9 Å². The van der Waals surface area contributed by atoms with Crippen LogP contribution in [0.25, 0.3) is 0 Å². The molecular formula is C17H21NO2. The molecule has 3 nitrogen and oxygen atoms in total. The topological polar surface area (TPSA) is 34.4 Å². The molecule has 1 saturated carbocycles. The quantitative estimate of drug-likeness (QED) is 0.869. The molecule has 20 heavy (non-hydrogen) atoms. The first-order valence-corrected chi connectivity index (χ1v) is 7.22. The summed E-state index contributed by atoms with van der Waals surface area (Å²) in [6.45, 7) is 5.44. The molecule has 0 atom stereocenters. The summed E-state index contributed by atoms with van der Waals surface area (Å²) in [5, 5.41) is 3.51. The number of rotatable bonds is 6. The second kappa shape index (κ2) is 5.71. The Labute approximate surface area is 119 Å². The zero-order valence-corrected chi connectivity index (χ0v) is 12.1. The SMILES string of the molecule is Cc1ccccc1OCc1cc(CNC2CC2)c(C)o1. The lowest BCUT2D eigenvalue weighted by molar-refractivity contribution is 0.266. The molecule has 0 radical (unpaired) electrons. The molecule has 1 N–H and O–H groups in total. The molecule has 0 amide bonds. The zero-order chi connectivity index (χ0) is 13.9. The second-order valence-corrected chi connectivity index (χ2v) is 5.50. The highest BCUT2D eigenvalue weighted by molar-refractivity contribution is 5.32. The minimum Gasteiger partial charge on any atom is -0.485 e. The number of hydrogen-bond donors (Lipinski definition) is 1. The van der Waals surface area contributed by atoms with Gasteiger partial charge in [-0.05, 0) is 44.4 Å². The summed E-state index contributed by atoms with van der Waals surface area (Å²) in [6.07, 6.45) is 2.61. The number of ether oxygens (including phenoxy) is 1. The van der Waals surface area contributed by atoms with E-state index in [-0.39, 0.29) is 0 Å². The highest BCUT2D eigenvalue weighted by atomic mass is 16.5. The van der Waals surface area contributed by atoms with E-state index in [9.17, 15) is 0 Å². The largest absolute Gasteiger partial charge is 0.485 e. The molecule has 0 spiro atoms. The van der Waals surface area contributed by atoms with Crippen LogP contribution in [0.3, 0.4) is 0 Å². The van der Waals surface area contributed by atoms with E-state index in [1.54, 1.807) is 0 Å². The molecule has 1 heterocycles. The van der Waals surface area contributed by atoms with Crippen molar-refractivity contribution in [1.29, 1.82) is 0 Å². The molecule has 106 valence electrons. The van der Waals surface area contributed by atoms with Gasteiger partial charge >= 0.3 is 0 Å². The molecule has 0 aliphatic heterocycles. The fourth-order valence-corrected chi connectivity index (χ4v) is 2.24. The minimum atomic E-state index is 0.481. The average Bonchev–Trinajstić information content (AvgIpc) is 3.20. The van der Waals surface area contributed by atoms with Crippen LogP contribution in [-0.4, -0.2) is 6.04 Å². The summed E-state index contributed by atoms with van der Waals surface area (Å²) in [5.74, 6) is 2.79. The highest BCUT2D eigenvalue weighted by Gasteiger charge is 2.21. The van der Waals surface area contributed by atoms with E-state index in [1.165, 1.54) is 18.4 Å². The van der Waals surface area contributed by atoms with Crippen molar-refractivity contribution in [2.24, 2.45) is 0 Å². The Morgan fingerprint density at radius 2 is 2.05 bits per heavy atom. The van der Waals surface area contributed by atoms with E-state index >= 15 is 0 Å². The van der Waals surface area contributed by atoms with Crippen LogP contribution in [0, 0.1) is 13.8 Å². The van der Waals surface area contributed by atoms with Crippen LogP contribution >= 0.6 is 0 Å². The van der Waals surface area contributed by atoms with Crippen LogP contribution in [0.15, 0.2) is 34.7 Å². The third-order valence-corrected chi connectivity index (χ3v) is 3.69. The van der Waals surface area contributed by atoms with Gasteiger partial charge in [0.05, 0.1) is 0 Å². The molecule has 1 aliphatic carbocycles. The Morgan fingerprint density at radius 3 is 2.80 bits per heavy atom. The smallest absolute Gasteiger partial charge is 0.146 e. The predicted octanol–water partition coefficient (Wildman–Crippen LogP) is 3.73. The van der Waals surface area contributed by atoms with Gasteiger partial charge in [-0.1, -0.05) is 18.2 Å². The molecule has 0 saturated heterocycles. The summed E-state index contributed by atoms with van der Waals surface area (Å²) < 4.78 is 11.6.